The van der Waals surface area contributed by atoms with Gasteiger partial charge in [0, 0.05) is 37.6 Å². The third-order valence-corrected chi connectivity index (χ3v) is 8.47. The molecule has 0 spiro atoms. The summed E-state index contributed by atoms with van der Waals surface area (Å²) in [7, 11) is 3.76. The molecule has 3 heterocycles. The number of aromatic nitrogens is 5. The molecule has 3 atom stereocenters. The highest BCUT2D eigenvalue weighted by Crippen LogP contribution is 2.43. The van der Waals surface area contributed by atoms with E-state index in [0.29, 0.717) is 24.6 Å². The zero-order valence-electron chi connectivity index (χ0n) is 24.3. The van der Waals surface area contributed by atoms with Crippen LogP contribution < -0.4 is 15.7 Å². The summed E-state index contributed by atoms with van der Waals surface area (Å²) in [5.74, 6) is 1.39. The van der Waals surface area contributed by atoms with Crippen molar-refractivity contribution in [3.05, 3.63) is 60.0 Å². The van der Waals surface area contributed by atoms with E-state index in [1.165, 1.54) is 18.4 Å². The first-order chi connectivity index (χ1) is 19.9. The van der Waals surface area contributed by atoms with E-state index in [4.69, 9.17) is 9.72 Å². The number of aryl methyl sites for hydroxylation is 2. The van der Waals surface area contributed by atoms with E-state index in [-0.39, 0.29) is 6.10 Å². The summed E-state index contributed by atoms with van der Waals surface area (Å²) >= 11 is 0. The van der Waals surface area contributed by atoms with Crippen LogP contribution in [-0.2, 0) is 7.05 Å². The fourth-order valence-corrected chi connectivity index (χ4v) is 6.30. The molecule has 0 amide bonds. The normalized spacial score (nSPS) is 20.0. The number of benzene rings is 1. The summed E-state index contributed by atoms with van der Waals surface area (Å²) in [5.41, 5.74) is 7.96. The van der Waals surface area contributed by atoms with Gasteiger partial charge in [-0.05, 0) is 93.7 Å². The van der Waals surface area contributed by atoms with Crippen molar-refractivity contribution >= 4 is 22.8 Å². The van der Waals surface area contributed by atoms with Crippen molar-refractivity contribution < 1.29 is 9.84 Å². The molecule has 2 fully saturated rings. The van der Waals surface area contributed by atoms with E-state index < -0.39 is 0 Å². The molecule has 9 nitrogen and oxygen atoms in total. The molecule has 0 radical (unpaired) electrons. The summed E-state index contributed by atoms with van der Waals surface area (Å²) in [6.07, 6.45) is 10.6. The highest BCUT2D eigenvalue weighted by Gasteiger charge is 2.33. The highest BCUT2D eigenvalue weighted by atomic mass is 16.5. The maximum Gasteiger partial charge on any atom is 0.221 e. The number of anilines is 1. The zero-order valence-corrected chi connectivity index (χ0v) is 24.3. The molecule has 0 bridgehead atoms. The van der Waals surface area contributed by atoms with E-state index in [1.807, 2.05) is 45.4 Å². The SMILES string of the molecule is C=Cc1cc(C)nc(-c2cnn(C)c2OCCCC(C2CC2)n2/c(=N/C)[nH]c3cc(NC4CCC(O)C4)ccc32)c1. The van der Waals surface area contributed by atoms with Crippen molar-refractivity contribution in [3.63, 3.8) is 0 Å². The van der Waals surface area contributed by atoms with Gasteiger partial charge in [0.15, 0.2) is 0 Å². The lowest BCUT2D eigenvalue weighted by atomic mass is 10.1. The molecule has 1 aromatic carbocycles. The predicted octanol–water partition coefficient (Wildman–Crippen LogP) is 5.38. The number of hydrogen-bond acceptors (Lipinski definition) is 6. The van der Waals surface area contributed by atoms with Crippen molar-refractivity contribution in [1.82, 2.24) is 24.3 Å². The lowest BCUT2D eigenvalue weighted by Crippen LogP contribution is -2.25. The van der Waals surface area contributed by atoms with Crippen LogP contribution in [0.1, 0.15) is 62.2 Å². The second-order valence-electron chi connectivity index (χ2n) is 11.6. The van der Waals surface area contributed by atoms with Gasteiger partial charge in [0.2, 0.25) is 11.5 Å². The second-order valence-corrected chi connectivity index (χ2v) is 11.6. The van der Waals surface area contributed by atoms with Crippen LogP contribution in [0.3, 0.4) is 0 Å². The molecule has 0 saturated heterocycles. The third kappa shape index (κ3) is 5.81. The fourth-order valence-electron chi connectivity index (χ4n) is 6.30. The van der Waals surface area contributed by atoms with Gasteiger partial charge in [-0.1, -0.05) is 12.7 Å². The molecule has 4 aromatic rings. The first kappa shape index (κ1) is 27.3. The molecule has 2 aliphatic rings. The van der Waals surface area contributed by atoms with Crippen LogP contribution in [0, 0.1) is 12.8 Å². The Kier molecular flexibility index (Phi) is 7.71. The number of H-pyrrole nitrogens is 1. The van der Waals surface area contributed by atoms with Crippen molar-refractivity contribution in [2.24, 2.45) is 18.0 Å². The van der Waals surface area contributed by atoms with Crippen LogP contribution in [0.4, 0.5) is 5.69 Å². The molecule has 2 aliphatic carbocycles. The van der Waals surface area contributed by atoms with Crippen molar-refractivity contribution in [3.8, 4) is 17.1 Å². The highest BCUT2D eigenvalue weighted by molar-refractivity contribution is 5.79. The third-order valence-electron chi connectivity index (χ3n) is 8.47. The number of nitrogens with one attached hydrogen (secondary N) is 2. The summed E-state index contributed by atoms with van der Waals surface area (Å²) in [6.45, 7) is 6.49. The summed E-state index contributed by atoms with van der Waals surface area (Å²) in [6, 6.07) is 11.3. The molecule has 3 unspecified atom stereocenters. The van der Waals surface area contributed by atoms with Gasteiger partial charge in [-0.3, -0.25) is 9.98 Å². The van der Waals surface area contributed by atoms with E-state index in [2.05, 4.69) is 49.7 Å². The number of pyridine rings is 1. The van der Waals surface area contributed by atoms with Crippen LogP contribution in [0.15, 0.2) is 48.1 Å². The molecule has 41 heavy (non-hydrogen) atoms. The zero-order chi connectivity index (χ0) is 28.5. The molecule has 216 valence electrons. The second kappa shape index (κ2) is 11.6. The minimum absolute atomic E-state index is 0.188. The van der Waals surface area contributed by atoms with Gasteiger partial charge in [-0.15, -0.1) is 0 Å². The maximum absolute atomic E-state index is 9.91. The smallest absolute Gasteiger partial charge is 0.221 e. The van der Waals surface area contributed by atoms with Crippen LogP contribution in [0.25, 0.3) is 28.4 Å². The van der Waals surface area contributed by atoms with Crippen molar-refractivity contribution in [2.75, 3.05) is 19.0 Å². The number of aromatic amines is 1. The Morgan fingerprint density at radius 3 is 2.83 bits per heavy atom. The monoisotopic (exact) mass is 555 g/mol. The van der Waals surface area contributed by atoms with Crippen molar-refractivity contribution in [2.45, 2.75) is 70.1 Å². The fraction of sp³-hybridized carbons (Fsp3) is 0.469. The summed E-state index contributed by atoms with van der Waals surface area (Å²) < 4.78 is 10.5. The molecule has 3 aromatic heterocycles. The number of imidazole rings is 1. The molecule has 3 N–H and O–H groups in total. The van der Waals surface area contributed by atoms with Gasteiger partial charge in [-0.2, -0.15) is 5.10 Å². The number of ether oxygens (including phenoxy) is 1. The van der Waals surface area contributed by atoms with Gasteiger partial charge >= 0.3 is 0 Å². The Hall–Kier alpha value is -3.85. The Labute approximate surface area is 241 Å². The van der Waals surface area contributed by atoms with E-state index in [0.717, 1.165) is 77.3 Å². The van der Waals surface area contributed by atoms with E-state index in [9.17, 15) is 5.11 Å². The average molecular weight is 556 g/mol. The molecule has 2 saturated carbocycles. The minimum Gasteiger partial charge on any atom is -0.477 e. The first-order valence-corrected chi connectivity index (χ1v) is 14.8. The number of fused-ring (bicyclic) bond motifs is 1. The minimum atomic E-state index is -0.188. The molecular formula is C32H41N7O2. The maximum atomic E-state index is 9.91. The van der Waals surface area contributed by atoms with Crippen LogP contribution in [-0.4, -0.2) is 55.2 Å². The predicted molar refractivity (Wildman–Crippen MR) is 163 cm³/mol. The molecule has 6 rings (SSSR count). The van der Waals surface area contributed by atoms with Gasteiger partial charge in [0.1, 0.15) is 0 Å². The number of aliphatic hydroxyl groups excluding tert-OH is 1. The van der Waals surface area contributed by atoms with Gasteiger partial charge < -0.3 is 24.7 Å². The van der Waals surface area contributed by atoms with Crippen LogP contribution in [0.2, 0.25) is 0 Å². The van der Waals surface area contributed by atoms with Gasteiger partial charge in [0.05, 0.1) is 41.2 Å². The van der Waals surface area contributed by atoms with Gasteiger partial charge in [0.25, 0.3) is 0 Å². The Balaban J connectivity index is 1.17. The standard InChI is InChI=1S/C32H41N7O2/c1-5-21-15-20(2)35-27(16-21)26-19-34-38(4)31(26)41-14-6-7-29(22-8-9-22)39-30-13-11-24(18-28(30)37-32(39)33-3)36-23-10-12-25(40)17-23/h5,11,13,15-16,18-19,22-23,25,29,36,40H,1,6-10,12,14,17H2,2-4H3,(H,33,37). The Bertz CT molecular complexity index is 1610. The molecular weight excluding hydrogens is 514 g/mol. The van der Waals surface area contributed by atoms with Crippen LogP contribution in [0.5, 0.6) is 5.88 Å². The lowest BCUT2D eigenvalue weighted by molar-refractivity contribution is 0.182. The largest absolute Gasteiger partial charge is 0.477 e. The Morgan fingerprint density at radius 1 is 1.24 bits per heavy atom. The topological polar surface area (TPSA) is 105 Å². The summed E-state index contributed by atoms with van der Waals surface area (Å²) in [4.78, 5) is 12.9. The number of nitrogens with zero attached hydrogens (tertiary/aromatic N) is 5. The average Bonchev–Trinajstić information content (AvgIpc) is 3.47. The van der Waals surface area contributed by atoms with E-state index >= 15 is 0 Å². The Morgan fingerprint density at radius 2 is 2.10 bits per heavy atom. The quantitative estimate of drug-likeness (QED) is 0.216. The lowest BCUT2D eigenvalue weighted by Gasteiger charge is -2.20. The number of hydrogen-bond donors (Lipinski definition) is 3. The van der Waals surface area contributed by atoms with Gasteiger partial charge in [-0.25, -0.2) is 4.68 Å². The number of aliphatic hydroxyl groups is 1. The van der Waals surface area contributed by atoms with Crippen LogP contribution >= 0.6 is 0 Å². The summed E-state index contributed by atoms with van der Waals surface area (Å²) in [5, 5.41) is 18.0. The van der Waals surface area contributed by atoms with E-state index in [1.54, 1.807) is 4.68 Å². The molecule has 9 heteroatoms. The number of rotatable bonds is 11. The first-order valence-electron chi connectivity index (χ1n) is 14.8. The van der Waals surface area contributed by atoms with Crippen molar-refractivity contribution in [1.29, 1.82) is 0 Å². The molecule has 0 aliphatic heterocycles.